The van der Waals surface area contributed by atoms with E-state index in [9.17, 15) is 0 Å². The van der Waals surface area contributed by atoms with Crippen molar-refractivity contribution in [2.24, 2.45) is 0 Å². The zero-order valence-electron chi connectivity index (χ0n) is 13.0. The van der Waals surface area contributed by atoms with Gasteiger partial charge in [0, 0.05) is 17.8 Å². The molecule has 1 heterocycles. The monoisotopic (exact) mass is 294 g/mol. The van der Waals surface area contributed by atoms with Crippen molar-refractivity contribution < 1.29 is 4.74 Å². The summed E-state index contributed by atoms with van der Waals surface area (Å²) in [4.78, 5) is 2.19. The Morgan fingerprint density at radius 3 is 2.85 bits per heavy atom. The van der Waals surface area contributed by atoms with Crippen LogP contribution in [0, 0.1) is 0 Å². The standard InChI is InChI=1S/C16H26N2OS/c1-12-14(6-5-9-20-12)17-15-10-13(11-18(2)3)7-8-16(15)19-4/h7-8,10,12,14,17H,5-6,9,11H2,1-4H3. The van der Waals surface area contributed by atoms with Crippen molar-refractivity contribution in [3.05, 3.63) is 23.8 Å². The summed E-state index contributed by atoms with van der Waals surface area (Å²) in [6, 6.07) is 6.98. The van der Waals surface area contributed by atoms with Crippen molar-refractivity contribution in [1.82, 2.24) is 4.90 Å². The molecule has 1 aromatic rings. The van der Waals surface area contributed by atoms with E-state index in [4.69, 9.17) is 4.74 Å². The highest BCUT2D eigenvalue weighted by Crippen LogP contribution is 2.32. The number of rotatable bonds is 5. The van der Waals surface area contributed by atoms with Gasteiger partial charge in [0.1, 0.15) is 5.75 Å². The molecule has 1 aromatic carbocycles. The summed E-state index contributed by atoms with van der Waals surface area (Å²) in [5.74, 6) is 2.23. The van der Waals surface area contributed by atoms with Crippen LogP contribution >= 0.6 is 11.8 Å². The SMILES string of the molecule is COc1ccc(CN(C)C)cc1NC1CCCSC1C. The average Bonchev–Trinajstić information content (AvgIpc) is 2.41. The molecule has 2 atom stereocenters. The van der Waals surface area contributed by atoms with Crippen molar-refractivity contribution in [3.8, 4) is 5.75 Å². The second-order valence-electron chi connectivity index (χ2n) is 5.74. The molecular weight excluding hydrogens is 268 g/mol. The summed E-state index contributed by atoms with van der Waals surface area (Å²) in [7, 11) is 5.93. The number of nitrogens with zero attached hydrogens (tertiary/aromatic N) is 1. The Kier molecular flexibility index (Phi) is 5.61. The number of ether oxygens (including phenoxy) is 1. The first-order valence-corrected chi connectivity index (χ1v) is 8.35. The molecule has 0 bridgehead atoms. The molecule has 0 saturated carbocycles. The minimum Gasteiger partial charge on any atom is -0.495 e. The average molecular weight is 294 g/mol. The number of methoxy groups -OCH3 is 1. The molecule has 0 aromatic heterocycles. The van der Waals surface area contributed by atoms with Gasteiger partial charge in [-0.05, 0) is 50.4 Å². The van der Waals surface area contributed by atoms with Gasteiger partial charge in [0.05, 0.1) is 12.8 Å². The predicted octanol–water partition coefficient (Wildman–Crippen LogP) is 3.45. The summed E-state index contributed by atoms with van der Waals surface area (Å²) in [6.45, 7) is 3.27. The van der Waals surface area contributed by atoms with E-state index in [2.05, 4.69) is 61.2 Å². The highest BCUT2D eigenvalue weighted by molar-refractivity contribution is 8.00. The minimum atomic E-state index is 0.539. The number of hydrogen-bond donors (Lipinski definition) is 1. The van der Waals surface area contributed by atoms with Crippen LogP contribution in [0.1, 0.15) is 25.3 Å². The molecule has 3 nitrogen and oxygen atoms in total. The van der Waals surface area contributed by atoms with Crippen LogP contribution in [-0.4, -0.2) is 43.1 Å². The predicted molar refractivity (Wildman–Crippen MR) is 88.9 cm³/mol. The van der Waals surface area contributed by atoms with E-state index in [0.29, 0.717) is 11.3 Å². The summed E-state index contributed by atoms with van der Waals surface area (Å²) in [5, 5.41) is 4.36. The van der Waals surface area contributed by atoms with Crippen LogP contribution in [-0.2, 0) is 6.54 Å². The molecule has 1 fully saturated rings. The van der Waals surface area contributed by atoms with Gasteiger partial charge in [0.2, 0.25) is 0 Å². The lowest BCUT2D eigenvalue weighted by atomic mass is 10.1. The van der Waals surface area contributed by atoms with Crippen molar-refractivity contribution >= 4 is 17.4 Å². The molecule has 0 aliphatic carbocycles. The van der Waals surface area contributed by atoms with E-state index in [1.807, 2.05) is 0 Å². The van der Waals surface area contributed by atoms with Gasteiger partial charge in [-0.15, -0.1) is 0 Å². The lowest BCUT2D eigenvalue weighted by Crippen LogP contribution is -2.32. The lowest BCUT2D eigenvalue weighted by Gasteiger charge is -2.30. The van der Waals surface area contributed by atoms with E-state index in [1.54, 1.807) is 7.11 Å². The number of benzene rings is 1. The fourth-order valence-electron chi connectivity index (χ4n) is 2.64. The van der Waals surface area contributed by atoms with Crippen LogP contribution in [0.3, 0.4) is 0 Å². The second kappa shape index (κ2) is 7.23. The molecule has 1 aliphatic rings. The van der Waals surface area contributed by atoms with Crippen LogP contribution in [0.2, 0.25) is 0 Å². The molecule has 4 heteroatoms. The molecule has 112 valence electrons. The molecule has 2 unspecified atom stereocenters. The van der Waals surface area contributed by atoms with Crippen LogP contribution in [0.15, 0.2) is 18.2 Å². The molecule has 1 saturated heterocycles. The van der Waals surface area contributed by atoms with Gasteiger partial charge in [0.25, 0.3) is 0 Å². The first-order valence-electron chi connectivity index (χ1n) is 7.30. The molecule has 1 N–H and O–H groups in total. The van der Waals surface area contributed by atoms with E-state index in [1.165, 1.54) is 24.2 Å². The van der Waals surface area contributed by atoms with Gasteiger partial charge >= 0.3 is 0 Å². The van der Waals surface area contributed by atoms with Crippen LogP contribution < -0.4 is 10.1 Å². The maximum Gasteiger partial charge on any atom is 0.141 e. The van der Waals surface area contributed by atoms with Crippen LogP contribution in [0.4, 0.5) is 5.69 Å². The summed E-state index contributed by atoms with van der Waals surface area (Å²) in [5.41, 5.74) is 2.45. The molecular formula is C16H26N2OS. The van der Waals surface area contributed by atoms with Gasteiger partial charge in [-0.2, -0.15) is 11.8 Å². The Morgan fingerprint density at radius 2 is 2.20 bits per heavy atom. The number of hydrogen-bond acceptors (Lipinski definition) is 4. The van der Waals surface area contributed by atoms with Crippen LogP contribution in [0.25, 0.3) is 0 Å². The topological polar surface area (TPSA) is 24.5 Å². The molecule has 0 radical (unpaired) electrons. The maximum absolute atomic E-state index is 5.50. The van der Waals surface area contributed by atoms with Gasteiger partial charge < -0.3 is 15.0 Å². The van der Waals surface area contributed by atoms with E-state index >= 15 is 0 Å². The van der Waals surface area contributed by atoms with E-state index in [-0.39, 0.29) is 0 Å². The summed E-state index contributed by atoms with van der Waals surface area (Å²) >= 11 is 2.06. The second-order valence-corrected chi connectivity index (χ2v) is 7.23. The van der Waals surface area contributed by atoms with E-state index in [0.717, 1.165) is 18.0 Å². The Hall–Kier alpha value is -0.870. The fourth-order valence-corrected chi connectivity index (χ4v) is 3.79. The van der Waals surface area contributed by atoms with Crippen LogP contribution in [0.5, 0.6) is 5.75 Å². The fraction of sp³-hybridized carbons (Fsp3) is 0.625. The third kappa shape index (κ3) is 4.06. The Labute approximate surface area is 127 Å². The number of thioether (sulfide) groups is 1. The smallest absolute Gasteiger partial charge is 0.141 e. The maximum atomic E-state index is 5.50. The van der Waals surface area contributed by atoms with Crippen molar-refractivity contribution in [1.29, 1.82) is 0 Å². The largest absolute Gasteiger partial charge is 0.495 e. The lowest BCUT2D eigenvalue weighted by molar-refractivity contribution is 0.400. The highest BCUT2D eigenvalue weighted by atomic mass is 32.2. The minimum absolute atomic E-state index is 0.539. The first-order chi connectivity index (χ1) is 9.60. The highest BCUT2D eigenvalue weighted by Gasteiger charge is 2.22. The molecule has 0 amide bonds. The van der Waals surface area contributed by atoms with Gasteiger partial charge in [-0.1, -0.05) is 13.0 Å². The van der Waals surface area contributed by atoms with E-state index < -0.39 is 0 Å². The van der Waals surface area contributed by atoms with Gasteiger partial charge in [0.15, 0.2) is 0 Å². The molecule has 20 heavy (non-hydrogen) atoms. The van der Waals surface area contributed by atoms with Gasteiger partial charge in [-0.25, -0.2) is 0 Å². The third-order valence-electron chi connectivity index (χ3n) is 3.71. The summed E-state index contributed by atoms with van der Waals surface area (Å²) in [6.07, 6.45) is 2.54. The van der Waals surface area contributed by atoms with Gasteiger partial charge in [-0.3, -0.25) is 0 Å². The zero-order valence-corrected chi connectivity index (χ0v) is 13.8. The zero-order chi connectivity index (χ0) is 14.5. The quantitative estimate of drug-likeness (QED) is 0.899. The van der Waals surface area contributed by atoms with Crippen molar-refractivity contribution in [2.45, 2.75) is 37.6 Å². The summed E-state index contributed by atoms with van der Waals surface area (Å²) < 4.78 is 5.50. The normalized spacial score (nSPS) is 22.9. The number of nitrogens with one attached hydrogen (secondary N) is 1. The first kappa shape index (κ1) is 15.5. The molecule has 2 rings (SSSR count). The van der Waals surface area contributed by atoms with Crippen molar-refractivity contribution in [3.63, 3.8) is 0 Å². The number of anilines is 1. The Morgan fingerprint density at radius 1 is 1.40 bits per heavy atom. The third-order valence-corrected chi connectivity index (χ3v) is 5.09. The Bertz CT molecular complexity index is 436. The van der Waals surface area contributed by atoms with Crippen molar-refractivity contribution in [2.75, 3.05) is 32.3 Å². The molecule has 1 aliphatic heterocycles. The Balaban J connectivity index is 2.14. The molecule has 0 spiro atoms.